The highest BCUT2D eigenvalue weighted by Crippen LogP contribution is 2.29. The van der Waals surface area contributed by atoms with Crippen molar-refractivity contribution < 1.29 is 13.2 Å². The third-order valence-corrected chi connectivity index (χ3v) is 4.58. The van der Waals surface area contributed by atoms with Gasteiger partial charge in [-0.25, -0.2) is 4.99 Å². The van der Waals surface area contributed by atoms with Crippen LogP contribution in [-0.4, -0.2) is 24.1 Å². The summed E-state index contributed by atoms with van der Waals surface area (Å²) in [4.78, 5) is 9.05. The van der Waals surface area contributed by atoms with Crippen molar-refractivity contribution in [3.63, 3.8) is 0 Å². The van der Waals surface area contributed by atoms with E-state index in [0.717, 1.165) is 25.1 Å². The molecule has 1 aliphatic rings. The van der Waals surface area contributed by atoms with Gasteiger partial charge in [0.05, 0.1) is 12.1 Å². The lowest BCUT2D eigenvalue weighted by atomic mass is 10.1. The molecule has 8 heteroatoms. The Labute approximate surface area is 171 Å². The van der Waals surface area contributed by atoms with Crippen molar-refractivity contribution in [1.29, 1.82) is 0 Å². The average molecular weight is 412 g/mol. The van der Waals surface area contributed by atoms with Crippen LogP contribution >= 0.6 is 0 Å². The molecule has 0 bridgehead atoms. The van der Waals surface area contributed by atoms with E-state index in [1.54, 1.807) is 0 Å². The normalized spacial score (nSPS) is 19.0. The minimum Gasteiger partial charge on any atom is -0.334 e. The predicted octanol–water partition coefficient (Wildman–Crippen LogP) is 4.80. The number of hydrogen-bond donors (Lipinski definition) is 3. The maximum atomic E-state index is 12.7. The Morgan fingerprint density at radius 3 is 2.07 bits per heavy atom. The number of nitrogens with zero attached hydrogens (tertiary/aromatic N) is 2. The second-order valence-electron chi connectivity index (χ2n) is 7.86. The number of alkyl halides is 3. The standard InChI is InChI=1S/C21H32F3N5/c1-4-5-6-7-8-9-14-25-18-27-19(29-20(2,3)28-18)26-15-16-10-12-17(13-11-16)21(22,23)24/h10-13H,4-9,14-15H2,1-3H3,(H3,25,26,27,28,29). The summed E-state index contributed by atoms with van der Waals surface area (Å²) in [6, 6.07) is 5.06. The van der Waals surface area contributed by atoms with Gasteiger partial charge in [-0.2, -0.15) is 13.2 Å². The van der Waals surface area contributed by atoms with Gasteiger partial charge in [-0.1, -0.05) is 51.2 Å². The van der Waals surface area contributed by atoms with Crippen LogP contribution in [0.4, 0.5) is 13.2 Å². The van der Waals surface area contributed by atoms with Gasteiger partial charge in [-0.05, 0) is 38.0 Å². The molecule has 1 heterocycles. The Balaban J connectivity index is 1.90. The molecular weight excluding hydrogens is 379 g/mol. The summed E-state index contributed by atoms with van der Waals surface area (Å²) in [7, 11) is 0. The zero-order valence-corrected chi connectivity index (χ0v) is 17.5. The van der Waals surface area contributed by atoms with Crippen LogP contribution in [0.15, 0.2) is 34.3 Å². The molecule has 1 aromatic carbocycles. The van der Waals surface area contributed by atoms with Gasteiger partial charge in [0.15, 0.2) is 11.9 Å². The number of rotatable bonds is 9. The van der Waals surface area contributed by atoms with E-state index in [1.807, 2.05) is 13.8 Å². The molecule has 3 N–H and O–H groups in total. The quantitative estimate of drug-likeness (QED) is 0.512. The molecule has 29 heavy (non-hydrogen) atoms. The average Bonchev–Trinajstić information content (AvgIpc) is 2.64. The highest BCUT2D eigenvalue weighted by molar-refractivity contribution is 6.01. The summed E-state index contributed by atoms with van der Waals surface area (Å²) in [6.45, 7) is 7.17. The molecule has 0 saturated carbocycles. The molecule has 0 atom stereocenters. The largest absolute Gasteiger partial charge is 0.416 e. The number of halogens is 3. The van der Waals surface area contributed by atoms with Crippen LogP contribution in [0.25, 0.3) is 0 Å². The summed E-state index contributed by atoms with van der Waals surface area (Å²) in [6.07, 6.45) is 2.94. The van der Waals surface area contributed by atoms with Gasteiger partial charge >= 0.3 is 6.18 Å². The third kappa shape index (κ3) is 8.33. The molecule has 0 amide bonds. The minimum absolute atomic E-state index is 0.272. The predicted molar refractivity (Wildman–Crippen MR) is 112 cm³/mol. The van der Waals surface area contributed by atoms with E-state index in [0.29, 0.717) is 17.5 Å². The van der Waals surface area contributed by atoms with Gasteiger partial charge in [0.25, 0.3) is 0 Å². The second-order valence-corrected chi connectivity index (χ2v) is 7.86. The van der Waals surface area contributed by atoms with Crippen molar-refractivity contribution >= 4 is 11.9 Å². The fraction of sp³-hybridized carbons (Fsp3) is 0.619. The molecule has 162 valence electrons. The molecule has 5 nitrogen and oxygen atoms in total. The highest BCUT2D eigenvalue weighted by atomic mass is 19.4. The van der Waals surface area contributed by atoms with Gasteiger partial charge in [0.2, 0.25) is 0 Å². The van der Waals surface area contributed by atoms with Crippen molar-refractivity contribution in [3.8, 4) is 0 Å². The molecule has 1 fully saturated rings. The van der Waals surface area contributed by atoms with E-state index in [4.69, 9.17) is 0 Å². The molecule has 0 aliphatic carbocycles. The Morgan fingerprint density at radius 1 is 0.862 bits per heavy atom. The molecule has 1 saturated heterocycles. The number of hydrogen-bond acceptors (Lipinski definition) is 2. The first-order valence-electron chi connectivity index (χ1n) is 10.3. The maximum absolute atomic E-state index is 12.7. The van der Waals surface area contributed by atoms with Crippen LogP contribution in [0.2, 0.25) is 0 Å². The first-order valence-corrected chi connectivity index (χ1v) is 10.3. The van der Waals surface area contributed by atoms with Crippen molar-refractivity contribution in [3.05, 3.63) is 35.4 Å². The van der Waals surface area contributed by atoms with Crippen LogP contribution in [0.5, 0.6) is 0 Å². The SMILES string of the molecule is CCCCCCCCN=C1NC(=NCc2ccc(C(F)(F)F)cc2)NC(C)(C)N1. The molecular formula is C21H32F3N5. The van der Waals surface area contributed by atoms with Gasteiger partial charge in [-0.3, -0.25) is 10.3 Å². The van der Waals surface area contributed by atoms with Gasteiger partial charge in [0, 0.05) is 6.54 Å². The van der Waals surface area contributed by atoms with Crippen molar-refractivity contribution in [2.45, 2.75) is 77.7 Å². The van der Waals surface area contributed by atoms with E-state index in [-0.39, 0.29) is 6.54 Å². The van der Waals surface area contributed by atoms with Crippen LogP contribution in [0.1, 0.15) is 70.4 Å². The lowest BCUT2D eigenvalue weighted by molar-refractivity contribution is -0.137. The summed E-state index contributed by atoms with van der Waals surface area (Å²) in [5.41, 5.74) is -0.377. The Morgan fingerprint density at radius 2 is 1.45 bits per heavy atom. The first-order chi connectivity index (χ1) is 13.7. The zero-order valence-electron chi connectivity index (χ0n) is 17.5. The summed E-state index contributed by atoms with van der Waals surface area (Å²) in [5, 5.41) is 9.62. The Hall–Kier alpha value is -2.25. The number of benzene rings is 1. The third-order valence-electron chi connectivity index (χ3n) is 4.58. The molecule has 0 spiro atoms. The highest BCUT2D eigenvalue weighted by Gasteiger charge is 2.30. The fourth-order valence-electron chi connectivity index (χ4n) is 3.01. The van der Waals surface area contributed by atoms with E-state index >= 15 is 0 Å². The number of nitrogens with one attached hydrogen (secondary N) is 3. The molecule has 1 aliphatic heterocycles. The summed E-state index contributed by atoms with van der Waals surface area (Å²) >= 11 is 0. The molecule has 0 radical (unpaired) electrons. The van der Waals surface area contributed by atoms with Gasteiger partial charge in [0.1, 0.15) is 5.66 Å². The lowest BCUT2D eigenvalue weighted by Gasteiger charge is -2.36. The van der Waals surface area contributed by atoms with Crippen molar-refractivity contribution in [1.82, 2.24) is 16.0 Å². The van der Waals surface area contributed by atoms with Crippen LogP contribution < -0.4 is 16.0 Å². The zero-order chi connectivity index (χ0) is 21.3. The second kappa shape index (κ2) is 10.5. The van der Waals surface area contributed by atoms with Crippen LogP contribution in [-0.2, 0) is 12.7 Å². The fourth-order valence-corrected chi connectivity index (χ4v) is 3.01. The molecule has 0 aromatic heterocycles. The van der Waals surface area contributed by atoms with Crippen molar-refractivity contribution in [2.24, 2.45) is 9.98 Å². The summed E-state index contributed by atoms with van der Waals surface area (Å²) < 4.78 is 38.0. The Kier molecular flexibility index (Phi) is 8.34. The summed E-state index contributed by atoms with van der Waals surface area (Å²) in [5.74, 6) is 1.21. The number of unbranched alkanes of at least 4 members (excludes halogenated alkanes) is 5. The Bertz CT molecular complexity index is 693. The van der Waals surface area contributed by atoms with E-state index < -0.39 is 17.4 Å². The lowest BCUT2D eigenvalue weighted by Crippen LogP contribution is -2.68. The molecule has 0 unspecified atom stereocenters. The number of aliphatic imine (C=N–C) groups is 2. The molecule has 2 rings (SSSR count). The first kappa shape index (κ1) is 23.0. The maximum Gasteiger partial charge on any atom is 0.416 e. The van der Waals surface area contributed by atoms with E-state index in [2.05, 4.69) is 32.9 Å². The molecule has 1 aromatic rings. The van der Waals surface area contributed by atoms with Gasteiger partial charge < -0.3 is 10.6 Å². The minimum atomic E-state index is -4.33. The van der Waals surface area contributed by atoms with Gasteiger partial charge in [-0.15, -0.1) is 0 Å². The monoisotopic (exact) mass is 411 g/mol. The van der Waals surface area contributed by atoms with E-state index in [1.165, 1.54) is 44.2 Å². The van der Waals surface area contributed by atoms with E-state index in [9.17, 15) is 13.2 Å². The van der Waals surface area contributed by atoms with Crippen molar-refractivity contribution in [2.75, 3.05) is 6.54 Å². The van der Waals surface area contributed by atoms with Crippen LogP contribution in [0.3, 0.4) is 0 Å². The van der Waals surface area contributed by atoms with Crippen LogP contribution in [0, 0.1) is 0 Å². The number of guanidine groups is 2. The smallest absolute Gasteiger partial charge is 0.334 e. The topological polar surface area (TPSA) is 60.8 Å².